The van der Waals surface area contributed by atoms with Gasteiger partial charge in [0.25, 0.3) is 0 Å². The number of halogens is 1. The monoisotopic (exact) mass is 242 g/mol. The Labute approximate surface area is 85.4 Å². The van der Waals surface area contributed by atoms with Crippen LogP contribution in [0.25, 0.3) is 0 Å². The number of nitrogens with one attached hydrogen (secondary N) is 1. The molecule has 0 saturated carbocycles. The molecule has 1 aromatic rings. The van der Waals surface area contributed by atoms with Gasteiger partial charge in [-0.3, -0.25) is 4.79 Å². The minimum absolute atomic E-state index is 0.178. The van der Waals surface area contributed by atoms with Gasteiger partial charge in [0.1, 0.15) is 0 Å². The van der Waals surface area contributed by atoms with E-state index in [0.29, 0.717) is 0 Å². The van der Waals surface area contributed by atoms with Crippen molar-refractivity contribution in [1.82, 2.24) is 0 Å². The summed E-state index contributed by atoms with van der Waals surface area (Å²) in [5, 5.41) is 2.68. The van der Waals surface area contributed by atoms with Gasteiger partial charge in [-0.2, -0.15) is 0 Å². The van der Waals surface area contributed by atoms with Crippen LogP contribution in [0.4, 0.5) is 5.69 Å². The summed E-state index contributed by atoms with van der Waals surface area (Å²) < 4.78 is 0.978. The number of benzene rings is 1. The second-order valence-electron chi connectivity index (χ2n) is 2.78. The van der Waals surface area contributed by atoms with E-state index in [4.69, 9.17) is 5.73 Å². The lowest BCUT2D eigenvalue weighted by atomic mass is 10.3. The molecule has 13 heavy (non-hydrogen) atoms. The van der Waals surface area contributed by atoms with E-state index < -0.39 is 6.04 Å². The first-order valence-corrected chi connectivity index (χ1v) is 4.71. The number of amides is 1. The number of carbonyl (C=O) groups excluding carboxylic acids is 1. The average molecular weight is 243 g/mol. The van der Waals surface area contributed by atoms with Gasteiger partial charge in [0.2, 0.25) is 5.91 Å². The highest BCUT2D eigenvalue weighted by Gasteiger charge is 2.06. The van der Waals surface area contributed by atoms with Crippen LogP contribution in [0.1, 0.15) is 6.92 Å². The first-order chi connectivity index (χ1) is 6.09. The Hall–Kier alpha value is -0.870. The lowest BCUT2D eigenvalue weighted by Crippen LogP contribution is -2.32. The standard InChI is InChI=1S/C9H11BrN2O/c1-6(11)9(13)12-8-4-2-7(10)3-5-8/h2-6H,11H2,1H3,(H,12,13)/t6-/m1/s1. The van der Waals surface area contributed by atoms with E-state index >= 15 is 0 Å². The van der Waals surface area contributed by atoms with Crippen LogP contribution in [-0.2, 0) is 4.79 Å². The molecule has 0 fully saturated rings. The van der Waals surface area contributed by atoms with E-state index in [1.165, 1.54) is 0 Å². The molecule has 0 heterocycles. The molecule has 0 aliphatic rings. The van der Waals surface area contributed by atoms with E-state index in [9.17, 15) is 4.79 Å². The van der Waals surface area contributed by atoms with Crippen LogP contribution in [-0.4, -0.2) is 11.9 Å². The first kappa shape index (κ1) is 10.2. The Kier molecular flexibility index (Phi) is 3.45. The van der Waals surface area contributed by atoms with Crippen LogP contribution in [0.15, 0.2) is 28.7 Å². The molecule has 0 aliphatic carbocycles. The van der Waals surface area contributed by atoms with Crippen molar-refractivity contribution in [2.24, 2.45) is 5.73 Å². The smallest absolute Gasteiger partial charge is 0.240 e. The minimum Gasteiger partial charge on any atom is -0.325 e. The van der Waals surface area contributed by atoms with Crippen LogP contribution in [0.5, 0.6) is 0 Å². The molecule has 1 aromatic carbocycles. The molecule has 1 amide bonds. The molecule has 70 valence electrons. The van der Waals surface area contributed by atoms with Crippen molar-refractivity contribution in [1.29, 1.82) is 0 Å². The molecule has 0 aliphatic heterocycles. The van der Waals surface area contributed by atoms with Crippen molar-refractivity contribution in [3.05, 3.63) is 28.7 Å². The van der Waals surface area contributed by atoms with Crippen molar-refractivity contribution in [2.75, 3.05) is 5.32 Å². The number of anilines is 1. The zero-order valence-corrected chi connectivity index (χ0v) is 8.84. The van der Waals surface area contributed by atoms with Gasteiger partial charge < -0.3 is 11.1 Å². The van der Waals surface area contributed by atoms with E-state index in [-0.39, 0.29) is 5.91 Å². The number of hydrogen-bond donors (Lipinski definition) is 2. The Balaban J connectivity index is 2.65. The molecule has 3 N–H and O–H groups in total. The molecule has 1 rings (SSSR count). The highest BCUT2D eigenvalue weighted by molar-refractivity contribution is 9.10. The summed E-state index contributed by atoms with van der Waals surface area (Å²) in [4.78, 5) is 11.1. The van der Waals surface area contributed by atoms with Crippen LogP contribution >= 0.6 is 15.9 Å². The van der Waals surface area contributed by atoms with Crippen LogP contribution in [0.2, 0.25) is 0 Å². The third-order valence-corrected chi connectivity index (χ3v) is 2.05. The predicted octanol–water partition coefficient (Wildman–Crippen LogP) is 1.73. The second kappa shape index (κ2) is 4.39. The first-order valence-electron chi connectivity index (χ1n) is 3.91. The maximum atomic E-state index is 11.1. The normalized spacial score (nSPS) is 12.2. The van der Waals surface area contributed by atoms with E-state index in [0.717, 1.165) is 10.2 Å². The van der Waals surface area contributed by atoms with E-state index in [1.54, 1.807) is 6.92 Å². The highest BCUT2D eigenvalue weighted by atomic mass is 79.9. The Bertz CT molecular complexity index is 295. The molecule has 1 atom stereocenters. The van der Waals surface area contributed by atoms with Crippen LogP contribution in [0.3, 0.4) is 0 Å². The van der Waals surface area contributed by atoms with Crippen molar-refractivity contribution in [2.45, 2.75) is 13.0 Å². The van der Waals surface area contributed by atoms with Gasteiger partial charge in [-0.1, -0.05) is 15.9 Å². The van der Waals surface area contributed by atoms with Crippen molar-refractivity contribution in [3.8, 4) is 0 Å². The summed E-state index contributed by atoms with van der Waals surface area (Å²) >= 11 is 3.30. The molecular formula is C9H11BrN2O. The van der Waals surface area contributed by atoms with Gasteiger partial charge in [-0.15, -0.1) is 0 Å². The summed E-state index contributed by atoms with van der Waals surface area (Å²) in [5.41, 5.74) is 6.15. The summed E-state index contributed by atoms with van der Waals surface area (Å²) in [6.07, 6.45) is 0. The topological polar surface area (TPSA) is 55.1 Å². The molecule has 0 unspecified atom stereocenters. The Morgan fingerprint density at radius 1 is 1.46 bits per heavy atom. The number of carbonyl (C=O) groups is 1. The fourth-order valence-corrected chi connectivity index (χ4v) is 1.05. The molecule has 0 radical (unpaired) electrons. The fourth-order valence-electron chi connectivity index (χ4n) is 0.789. The quantitative estimate of drug-likeness (QED) is 0.831. The second-order valence-corrected chi connectivity index (χ2v) is 3.70. The van der Waals surface area contributed by atoms with E-state index in [2.05, 4.69) is 21.2 Å². The van der Waals surface area contributed by atoms with E-state index in [1.807, 2.05) is 24.3 Å². The van der Waals surface area contributed by atoms with Crippen molar-refractivity contribution >= 4 is 27.5 Å². The number of hydrogen-bond acceptors (Lipinski definition) is 2. The summed E-state index contributed by atoms with van der Waals surface area (Å²) in [7, 11) is 0. The summed E-state index contributed by atoms with van der Waals surface area (Å²) in [6.45, 7) is 1.65. The van der Waals surface area contributed by atoms with Crippen LogP contribution in [0, 0.1) is 0 Å². The fraction of sp³-hybridized carbons (Fsp3) is 0.222. The molecule has 4 heteroatoms. The zero-order valence-electron chi connectivity index (χ0n) is 7.25. The summed E-state index contributed by atoms with van der Waals surface area (Å²) in [5.74, 6) is -0.178. The lowest BCUT2D eigenvalue weighted by molar-refractivity contribution is -0.117. The van der Waals surface area contributed by atoms with Crippen molar-refractivity contribution < 1.29 is 4.79 Å². The maximum Gasteiger partial charge on any atom is 0.240 e. The number of rotatable bonds is 2. The Morgan fingerprint density at radius 3 is 2.46 bits per heavy atom. The molecule has 0 spiro atoms. The predicted molar refractivity (Wildman–Crippen MR) is 56.4 cm³/mol. The van der Waals surface area contributed by atoms with Gasteiger partial charge in [-0.25, -0.2) is 0 Å². The van der Waals surface area contributed by atoms with Gasteiger partial charge in [0.05, 0.1) is 6.04 Å². The lowest BCUT2D eigenvalue weighted by Gasteiger charge is -2.07. The summed E-state index contributed by atoms with van der Waals surface area (Å²) in [6, 6.07) is 6.85. The number of nitrogens with two attached hydrogens (primary N) is 1. The largest absolute Gasteiger partial charge is 0.325 e. The van der Waals surface area contributed by atoms with Gasteiger partial charge in [0, 0.05) is 10.2 Å². The van der Waals surface area contributed by atoms with Gasteiger partial charge in [0.15, 0.2) is 0 Å². The minimum atomic E-state index is -0.483. The Morgan fingerprint density at radius 2 is 2.00 bits per heavy atom. The molecule has 0 saturated heterocycles. The molecule has 0 bridgehead atoms. The maximum absolute atomic E-state index is 11.1. The van der Waals surface area contributed by atoms with Gasteiger partial charge in [-0.05, 0) is 31.2 Å². The van der Waals surface area contributed by atoms with Crippen molar-refractivity contribution in [3.63, 3.8) is 0 Å². The average Bonchev–Trinajstić information content (AvgIpc) is 2.08. The van der Waals surface area contributed by atoms with Crippen LogP contribution < -0.4 is 11.1 Å². The highest BCUT2D eigenvalue weighted by Crippen LogP contribution is 2.13. The third kappa shape index (κ3) is 3.16. The molecule has 0 aromatic heterocycles. The molecule has 3 nitrogen and oxygen atoms in total. The SMILES string of the molecule is C[C@@H](N)C(=O)Nc1ccc(Br)cc1. The van der Waals surface area contributed by atoms with Gasteiger partial charge >= 0.3 is 0 Å². The zero-order chi connectivity index (χ0) is 9.84. The molecular weight excluding hydrogens is 232 g/mol. The third-order valence-electron chi connectivity index (χ3n) is 1.53.